The Kier molecular flexibility index (Phi) is 46.9. The van der Waals surface area contributed by atoms with Gasteiger partial charge in [0.1, 0.15) is 61.2 Å². The number of carbonyl (C=O) groups excluding carboxylic acids is 9. The number of rotatable bonds is 24. The number of ether oxygens (including phenoxy) is 10. The third kappa shape index (κ3) is 65.1. The molecule has 1 rings (SSSR count). The first-order chi connectivity index (χ1) is 36.4. The average molecular weight is 1150 g/mol. The fourth-order valence-corrected chi connectivity index (χ4v) is 4.18. The molecule has 0 aromatic heterocycles. The summed E-state index contributed by atoms with van der Waals surface area (Å²) < 4.78 is 48.2. The van der Waals surface area contributed by atoms with Gasteiger partial charge < -0.3 is 73.5 Å². The molecule has 1 aromatic rings. The summed E-state index contributed by atoms with van der Waals surface area (Å²) in [4.78, 5) is 121. The van der Waals surface area contributed by atoms with Gasteiger partial charge in [0.25, 0.3) is 5.69 Å². The predicted molar refractivity (Wildman–Crippen MR) is 276 cm³/mol. The van der Waals surface area contributed by atoms with Crippen LogP contribution < -0.4 is 22.2 Å². The summed E-state index contributed by atoms with van der Waals surface area (Å²) in [6.07, 6.45) is -1.67. The second-order valence-corrected chi connectivity index (χ2v) is 18.9. The van der Waals surface area contributed by atoms with Gasteiger partial charge in [-0.2, -0.15) is 0 Å². The average Bonchev–Trinajstić information content (AvgIpc) is 3.32. The van der Waals surface area contributed by atoms with Gasteiger partial charge in [-0.25, -0.2) is 4.79 Å². The summed E-state index contributed by atoms with van der Waals surface area (Å²) in [7, 11) is 0. The molecule has 0 amide bonds. The number of aliphatic hydroxyl groups excluding tert-OH is 3. The molecule has 0 bridgehead atoms. The van der Waals surface area contributed by atoms with Crippen molar-refractivity contribution in [3.05, 3.63) is 34.4 Å². The number of non-ortho nitro benzene ring substituents is 1. The summed E-state index contributed by atoms with van der Waals surface area (Å²) >= 11 is 0. The molecule has 0 saturated heterocycles. The summed E-state index contributed by atoms with van der Waals surface area (Å²) in [5.74, 6) is 2.97. The molecule has 0 aliphatic carbocycles. The largest absolute Gasteiger partial charge is 0.513 e. The highest BCUT2D eigenvalue weighted by Gasteiger charge is 2.21. The molecule has 1 aromatic carbocycles. The minimum absolute atomic E-state index is 0.00152. The van der Waals surface area contributed by atoms with Gasteiger partial charge in [-0.1, -0.05) is 0 Å². The summed E-state index contributed by atoms with van der Waals surface area (Å²) in [6.45, 7) is 19.6. The van der Waals surface area contributed by atoms with Gasteiger partial charge in [-0.05, 0) is 95.2 Å². The van der Waals surface area contributed by atoms with Gasteiger partial charge in [0.05, 0.1) is 82.7 Å². The number of nitro benzene ring substituents is 1. The van der Waals surface area contributed by atoms with Crippen LogP contribution in [0.15, 0.2) is 24.3 Å². The predicted octanol–water partition coefficient (Wildman–Crippen LogP) is 2.56. The van der Waals surface area contributed by atoms with Crippen molar-refractivity contribution in [1.29, 1.82) is 0 Å². The topological polar surface area (TPSA) is 465 Å². The SMILES string of the molecule is CC(C)(C)OC(=O)CCC(=O)O.CC(C)(C)OC(=O)CCC(=O)OCCO.CC(C)(C)OC(=O)CCC(=O)OCCOC(=O)CN.CC(C)(C)OC(=O)CCC(=O)OCCOC(=O)Oc1ccc([N+](=O)[O-])cc1.NN.OCCO. The van der Waals surface area contributed by atoms with E-state index in [1.54, 1.807) is 83.1 Å². The first-order valence-corrected chi connectivity index (χ1v) is 24.1. The number of carboxylic acids is 1. The highest BCUT2D eigenvalue weighted by Crippen LogP contribution is 2.18. The maximum atomic E-state index is 11.5. The molecule has 0 atom stereocenters. The number of aliphatic carboxylic acids is 1. The van der Waals surface area contributed by atoms with Crippen molar-refractivity contribution in [3.63, 3.8) is 0 Å². The van der Waals surface area contributed by atoms with Crippen LogP contribution in [-0.4, -0.2) is 167 Å². The fourth-order valence-electron chi connectivity index (χ4n) is 4.18. The summed E-state index contributed by atoms with van der Waals surface area (Å²) in [5, 5.41) is 42.4. The van der Waals surface area contributed by atoms with Crippen LogP contribution in [0.4, 0.5) is 10.5 Å². The molecule has 30 nitrogen and oxygen atoms in total. The molecule has 0 fully saturated rings. The van der Waals surface area contributed by atoms with E-state index in [-0.39, 0.29) is 122 Å². The fraction of sp³-hybridized carbons (Fsp3) is 0.673. The molecule has 0 heterocycles. The van der Waals surface area contributed by atoms with Crippen LogP contribution in [0.5, 0.6) is 5.75 Å². The molecule has 0 aliphatic heterocycles. The Morgan fingerprint density at radius 3 is 0.987 bits per heavy atom. The number of esters is 8. The Hall–Kier alpha value is -7.12. The lowest BCUT2D eigenvalue weighted by atomic mass is 10.2. The molecule has 0 aliphatic rings. The molecule has 0 spiro atoms. The van der Waals surface area contributed by atoms with E-state index in [2.05, 4.69) is 21.2 Å². The molecule has 0 unspecified atom stereocenters. The van der Waals surface area contributed by atoms with Crippen LogP contribution in [-0.2, 0) is 85.8 Å². The zero-order valence-corrected chi connectivity index (χ0v) is 47.3. The van der Waals surface area contributed by atoms with E-state index >= 15 is 0 Å². The van der Waals surface area contributed by atoms with Crippen LogP contribution in [0.3, 0.4) is 0 Å². The minimum atomic E-state index is -1.05. The molecule has 79 heavy (non-hydrogen) atoms. The van der Waals surface area contributed by atoms with Gasteiger partial charge >= 0.3 is 59.9 Å². The lowest BCUT2D eigenvalue weighted by molar-refractivity contribution is -0.384. The number of hydrazine groups is 1. The molecule has 10 N–H and O–H groups in total. The molecule has 0 saturated carbocycles. The number of hydrogen-bond donors (Lipinski definition) is 7. The van der Waals surface area contributed by atoms with E-state index in [9.17, 15) is 58.1 Å². The third-order valence-corrected chi connectivity index (χ3v) is 6.87. The van der Waals surface area contributed by atoms with E-state index < -0.39 is 87.2 Å². The number of hydrogen-bond acceptors (Lipinski definition) is 28. The van der Waals surface area contributed by atoms with Crippen molar-refractivity contribution >= 4 is 65.6 Å². The highest BCUT2D eigenvalue weighted by atomic mass is 16.7. The van der Waals surface area contributed by atoms with E-state index in [1.807, 2.05) is 0 Å². The standard InChI is InChI=1S/C17H21NO9.C12H21NO6.C10H18O5.C8H14O4.C2H6O2.H4N2/c1-17(2,3)27-15(20)9-8-14(19)24-10-11-25-16(21)26-13-6-4-12(5-7-13)18(22)23;1-12(2,3)19-10(15)5-4-9(14)17-6-7-18-11(16)8-13;1-10(2,3)15-9(13)5-4-8(12)14-7-6-11;1-8(2,3)12-7(11)5-4-6(9)10;3-1-2-4;1-2/h4-7H,8-11H2,1-3H3;4-8,13H2,1-3H3;11H,4-7H2,1-3H3;4-5H2,1-3H3,(H,9,10);3-4H,1-2H2;1-2H2. The van der Waals surface area contributed by atoms with E-state index in [1.165, 1.54) is 24.3 Å². The maximum Gasteiger partial charge on any atom is 0.513 e. The number of nitrogens with zero attached hydrogens (tertiary/aromatic N) is 1. The number of nitro groups is 1. The van der Waals surface area contributed by atoms with E-state index in [4.69, 9.17) is 64.1 Å². The van der Waals surface area contributed by atoms with Crippen LogP contribution in [0.2, 0.25) is 0 Å². The Morgan fingerprint density at radius 2 is 0.722 bits per heavy atom. The lowest BCUT2D eigenvalue weighted by Crippen LogP contribution is -2.24. The van der Waals surface area contributed by atoms with Crippen LogP contribution >= 0.6 is 0 Å². The molecule has 30 heteroatoms. The second kappa shape index (κ2) is 45.9. The van der Waals surface area contributed by atoms with Crippen molar-refractivity contribution in [2.75, 3.05) is 59.4 Å². The molecule has 456 valence electrons. The van der Waals surface area contributed by atoms with Crippen molar-refractivity contribution in [2.45, 2.75) is 157 Å². The Labute approximate surface area is 459 Å². The van der Waals surface area contributed by atoms with Crippen LogP contribution in [0.25, 0.3) is 0 Å². The Morgan fingerprint density at radius 1 is 0.443 bits per heavy atom. The smallest absolute Gasteiger partial charge is 0.481 e. The van der Waals surface area contributed by atoms with Gasteiger partial charge in [-0.15, -0.1) is 0 Å². The lowest BCUT2D eigenvalue weighted by Gasteiger charge is -2.19. The minimum Gasteiger partial charge on any atom is -0.481 e. The number of carbonyl (C=O) groups is 10. The number of aliphatic hydroxyl groups is 3. The van der Waals surface area contributed by atoms with Gasteiger partial charge in [0.2, 0.25) is 0 Å². The van der Waals surface area contributed by atoms with E-state index in [0.717, 1.165) is 0 Å². The third-order valence-electron chi connectivity index (χ3n) is 6.87. The quantitative estimate of drug-likeness (QED) is 0.0149. The van der Waals surface area contributed by atoms with E-state index in [0.29, 0.717) is 0 Å². The first-order valence-electron chi connectivity index (χ1n) is 24.1. The molecular formula is C49H84N4O26. The maximum absolute atomic E-state index is 11.5. The monoisotopic (exact) mass is 1140 g/mol. The summed E-state index contributed by atoms with van der Waals surface area (Å²) in [6, 6.07) is 4.84. The van der Waals surface area contributed by atoms with Crippen molar-refractivity contribution in [1.82, 2.24) is 0 Å². The second-order valence-electron chi connectivity index (χ2n) is 18.9. The first kappa shape index (κ1) is 80.7. The summed E-state index contributed by atoms with van der Waals surface area (Å²) in [5.41, 5.74) is 2.60. The Bertz CT molecular complexity index is 1950. The normalized spacial score (nSPS) is 10.4. The molecular weight excluding hydrogens is 1060 g/mol. The highest BCUT2D eigenvalue weighted by molar-refractivity contribution is 5.79. The van der Waals surface area contributed by atoms with Crippen molar-refractivity contribution in [3.8, 4) is 5.75 Å². The zero-order valence-electron chi connectivity index (χ0n) is 47.3. The van der Waals surface area contributed by atoms with Gasteiger partial charge in [-0.3, -0.25) is 65.0 Å². The Balaban J connectivity index is -0.000000310. The van der Waals surface area contributed by atoms with Crippen molar-refractivity contribution < 1.29 is 121 Å². The van der Waals surface area contributed by atoms with Crippen LogP contribution in [0, 0.1) is 10.1 Å². The van der Waals surface area contributed by atoms with Crippen LogP contribution in [0.1, 0.15) is 134 Å². The van der Waals surface area contributed by atoms with Gasteiger partial charge in [0, 0.05) is 12.1 Å². The zero-order chi connectivity index (χ0) is 62.4. The van der Waals surface area contributed by atoms with Gasteiger partial charge in [0.15, 0.2) is 0 Å². The van der Waals surface area contributed by atoms with Crippen molar-refractivity contribution in [2.24, 2.45) is 17.4 Å². The molecule has 0 radical (unpaired) electrons. The number of benzene rings is 1. The number of nitrogens with two attached hydrogens (primary N) is 3. The number of carboxylic acid groups (broad SMARTS) is 1.